The highest BCUT2D eigenvalue weighted by molar-refractivity contribution is 8.00. The molecule has 0 aliphatic carbocycles. The van der Waals surface area contributed by atoms with Crippen LogP contribution in [-0.2, 0) is 11.2 Å². The van der Waals surface area contributed by atoms with Gasteiger partial charge in [0.2, 0.25) is 5.91 Å². The molecule has 0 spiro atoms. The maximum absolute atomic E-state index is 12.5. The largest absolute Gasteiger partial charge is 0.315 e. The van der Waals surface area contributed by atoms with E-state index in [-0.39, 0.29) is 18.0 Å². The molecule has 2 fully saturated rings. The number of thioether (sulfide) groups is 2. The first-order valence-corrected chi connectivity index (χ1v) is 9.67. The number of nitrogens with zero attached hydrogens (tertiary/aromatic N) is 2. The van der Waals surface area contributed by atoms with Crippen LogP contribution < -0.4 is 5.32 Å². The van der Waals surface area contributed by atoms with Crippen molar-refractivity contribution in [1.29, 1.82) is 5.26 Å². The fourth-order valence-corrected chi connectivity index (χ4v) is 5.05. The highest BCUT2D eigenvalue weighted by Gasteiger charge is 2.37. The van der Waals surface area contributed by atoms with Crippen LogP contribution in [0.25, 0.3) is 0 Å². The van der Waals surface area contributed by atoms with Gasteiger partial charge in [-0.3, -0.25) is 10.1 Å². The van der Waals surface area contributed by atoms with Crippen LogP contribution in [0.2, 0.25) is 0 Å². The molecule has 3 rings (SSSR count). The molecule has 4 nitrogen and oxygen atoms in total. The van der Waals surface area contributed by atoms with E-state index in [9.17, 15) is 4.79 Å². The fraction of sp³-hybridized carbons (Fsp3) is 0.500. The molecule has 1 N–H and O–H groups in total. The lowest BCUT2D eigenvalue weighted by molar-refractivity contribution is -0.132. The molecule has 0 aromatic heterocycles. The molecule has 1 amide bonds. The third-order valence-electron chi connectivity index (χ3n) is 4.00. The predicted molar refractivity (Wildman–Crippen MR) is 91.5 cm³/mol. The molecule has 2 aliphatic heterocycles. The second-order valence-corrected chi connectivity index (χ2v) is 7.75. The van der Waals surface area contributed by atoms with Crippen molar-refractivity contribution in [2.24, 2.45) is 0 Å². The van der Waals surface area contributed by atoms with Crippen molar-refractivity contribution in [3.8, 4) is 6.07 Å². The molecule has 116 valence electrons. The highest BCUT2D eigenvalue weighted by Crippen LogP contribution is 2.27. The number of hydrogen-bond donors (Lipinski definition) is 1. The van der Waals surface area contributed by atoms with Gasteiger partial charge in [0, 0.05) is 11.5 Å². The molecule has 22 heavy (non-hydrogen) atoms. The summed E-state index contributed by atoms with van der Waals surface area (Å²) in [4.78, 5) is 14.2. The van der Waals surface area contributed by atoms with E-state index in [0.29, 0.717) is 11.3 Å². The van der Waals surface area contributed by atoms with Crippen LogP contribution in [0, 0.1) is 11.3 Å². The topological polar surface area (TPSA) is 56.1 Å². The third kappa shape index (κ3) is 3.60. The van der Waals surface area contributed by atoms with Gasteiger partial charge in [-0.25, -0.2) is 0 Å². The second-order valence-electron chi connectivity index (χ2n) is 5.52. The van der Waals surface area contributed by atoms with Gasteiger partial charge in [-0.1, -0.05) is 30.3 Å². The Bertz CT molecular complexity index is 560. The SMILES string of the molecule is N#C[C@@H]1CSCN1C(=O)[C@@H]1CSC(CCc2ccccc2)N1. The van der Waals surface area contributed by atoms with Crippen molar-refractivity contribution in [1.82, 2.24) is 10.2 Å². The van der Waals surface area contributed by atoms with Crippen molar-refractivity contribution < 1.29 is 4.79 Å². The Morgan fingerprint density at radius 2 is 2.18 bits per heavy atom. The zero-order chi connectivity index (χ0) is 15.4. The van der Waals surface area contributed by atoms with Gasteiger partial charge < -0.3 is 4.90 Å². The summed E-state index contributed by atoms with van der Waals surface area (Å²) in [5.41, 5.74) is 1.33. The third-order valence-corrected chi connectivity index (χ3v) is 6.31. The lowest BCUT2D eigenvalue weighted by atomic mass is 10.1. The molecule has 0 radical (unpaired) electrons. The number of nitrogens with one attached hydrogen (secondary N) is 1. The van der Waals surface area contributed by atoms with Crippen LogP contribution in [0.1, 0.15) is 12.0 Å². The number of benzene rings is 1. The van der Waals surface area contributed by atoms with Crippen LogP contribution in [0.5, 0.6) is 0 Å². The van der Waals surface area contributed by atoms with Crippen LogP contribution in [0.4, 0.5) is 0 Å². The van der Waals surface area contributed by atoms with Crippen LogP contribution in [0.15, 0.2) is 30.3 Å². The minimum atomic E-state index is -0.257. The molecule has 2 saturated heterocycles. The number of nitriles is 1. The molecular formula is C16H19N3OS2. The average Bonchev–Trinajstić information content (AvgIpc) is 3.22. The predicted octanol–water partition coefficient (Wildman–Crippen LogP) is 2.08. The van der Waals surface area contributed by atoms with Crippen molar-refractivity contribution in [2.75, 3.05) is 17.4 Å². The van der Waals surface area contributed by atoms with Gasteiger partial charge in [0.15, 0.2) is 0 Å². The van der Waals surface area contributed by atoms with E-state index < -0.39 is 0 Å². The monoisotopic (exact) mass is 333 g/mol. The summed E-state index contributed by atoms with van der Waals surface area (Å²) in [6.45, 7) is 0. The van der Waals surface area contributed by atoms with Gasteiger partial charge >= 0.3 is 0 Å². The Balaban J connectivity index is 1.50. The molecule has 2 heterocycles. The average molecular weight is 333 g/mol. The number of aryl methyl sites for hydroxylation is 1. The summed E-state index contributed by atoms with van der Waals surface area (Å²) in [7, 11) is 0. The quantitative estimate of drug-likeness (QED) is 0.914. The smallest absolute Gasteiger partial charge is 0.242 e. The summed E-state index contributed by atoms with van der Waals surface area (Å²) in [6.07, 6.45) is 2.04. The first kappa shape index (κ1) is 15.7. The van der Waals surface area contributed by atoms with Gasteiger partial charge in [-0.15, -0.1) is 23.5 Å². The van der Waals surface area contributed by atoms with E-state index in [4.69, 9.17) is 5.26 Å². The van der Waals surface area contributed by atoms with Crippen LogP contribution in [0.3, 0.4) is 0 Å². The van der Waals surface area contributed by atoms with Gasteiger partial charge in [0.05, 0.1) is 23.4 Å². The number of carbonyl (C=O) groups excluding carboxylic acids is 1. The van der Waals surface area contributed by atoms with E-state index in [1.165, 1.54) is 5.56 Å². The van der Waals surface area contributed by atoms with E-state index in [2.05, 4.69) is 35.7 Å². The Morgan fingerprint density at radius 1 is 1.36 bits per heavy atom. The van der Waals surface area contributed by atoms with Crippen LogP contribution >= 0.6 is 23.5 Å². The van der Waals surface area contributed by atoms with Gasteiger partial charge in [0.1, 0.15) is 6.04 Å². The first-order chi connectivity index (χ1) is 10.8. The fourth-order valence-electron chi connectivity index (χ4n) is 2.75. The Kier molecular flexibility index (Phi) is 5.29. The summed E-state index contributed by atoms with van der Waals surface area (Å²) in [6, 6.07) is 12.3. The normalized spacial score (nSPS) is 27.8. The van der Waals surface area contributed by atoms with Crippen molar-refractivity contribution in [3.63, 3.8) is 0 Å². The van der Waals surface area contributed by atoms with Crippen molar-refractivity contribution in [3.05, 3.63) is 35.9 Å². The lowest BCUT2D eigenvalue weighted by Crippen LogP contribution is -2.48. The van der Waals surface area contributed by atoms with Gasteiger partial charge in [-0.05, 0) is 18.4 Å². The molecule has 1 unspecified atom stereocenters. The molecule has 0 saturated carbocycles. The summed E-state index contributed by atoms with van der Waals surface area (Å²) >= 11 is 3.48. The zero-order valence-corrected chi connectivity index (χ0v) is 13.9. The first-order valence-electron chi connectivity index (χ1n) is 7.47. The number of rotatable bonds is 4. The van der Waals surface area contributed by atoms with Gasteiger partial charge in [-0.2, -0.15) is 5.26 Å². The molecule has 0 bridgehead atoms. The van der Waals surface area contributed by atoms with E-state index in [0.717, 1.165) is 24.3 Å². The zero-order valence-electron chi connectivity index (χ0n) is 12.3. The Morgan fingerprint density at radius 3 is 2.95 bits per heavy atom. The number of amides is 1. The lowest BCUT2D eigenvalue weighted by Gasteiger charge is -2.22. The van der Waals surface area contributed by atoms with E-state index >= 15 is 0 Å². The molecule has 3 atom stereocenters. The number of hydrogen-bond acceptors (Lipinski definition) is 5. The maximum atomic E-state index is 12.5. The van der Waals surface area contributed by atoms with Gasteiger partial charge in [0.25, 0.3) is 0 Å². The van der Waals surface area contributed by atoms with E-state index in [1.807, 2.05) is 17.8 Å². The minimum Gasteiger partial charge on any atom is -0.315 e. The van der Waals surface area contributed by atoms with Crippen molar-refractivity contribution in [2.45, 2.75) is 30.3 Å². The van der Waals surface area contributed by atoms with Crippen LogP contribution in [-0.4, -0.2) is 45.6 Å². The Hall–Kier alpha value is -1.16. The number of carbonyl (C=O) groups is 1. The van der Waals surface area contributed by atoms with Crippen molar-refractivity contribution >= 4 is 29.4 Å². The summed E-state index contributed by atoms with van der Waals surface area (Å²) in [5, 5.41) is 12.9. The standard InChI is InChI=1S/C16H19N3OS2/c17-8-13-9-21-11-19(13)16(20)14-10-22-15(18-14)7-6-12-4-2-1-3-5-12/h1-5,13-15,18H,6-7,9-11H2/t13-,14+,15?/m1/s1. The minimum absolute atomic E-state index is 0.0891. The maximum Gasteiger partial charge on any atom is 0.242 e. The second kappa shape index (κ2) is 7.40. The molecular weight excluding hydrogens is 314 g/mol. The highest BCUT2D eigenvalue weighted by atomic mass is 32.2. The molecule has 6 heteroatoms. The molecule has 1 aromatic carbocycles. The summed E-state index contributed by atoms with van der Waals surface area (Å²) < 4.78 is 0. The Labute approximate surface area is 139 Å². The summed E-state index contributed by atoms with van der Waals surface area (Å²) in [5.74, 6) is 2.28. The van der Waals surface area contributed by atoms with E-state index in [1.54, 1.807) is 16.7 Å². The molecule has 1 aromatic rings. The molecule has 2 aliphatic rings.